The molecular weight excluding hydrogens is 691 g/mol. The largest absolute Gasteiger partial charge is 0.493 e. The number of non-ortho nitro benzene ring substituents is 1. The third kappa shape index (κ3) is 7.49. The summed E-state index contributed by atoms with van der Waals surface area (Å²) in [5.74, 6) is 1.52. The Kier molecular flexibility index (Phi) is 11.1. The molecule has 3 aromatic heterocycles. The number of hydrogen-bond donors (Lipinski definition) is 2. The smallest absolute Gasteiger partial charge is 0.270 e. The molecule has 7 rings (SSSR count). The van der Waals surface area contributed by atoms with Gasteiger partial charge in [-0.1, -0.05) is 51.7 Å². The lowest BCUT2D eigenvalue weighted by molar-refractivity contribution is -0.384. The first-order chi connectivity index (χ1) is 26.9. The van der Waals surface area contributed by atoms with Crippen LogP contribution in [0.3, 0.4) is 0 Å². The number of hydrogen-bond acceptors (Lipinski definition) is 7. The van der Waals surface area contributed by atoms with Crippen LogP contribution in [0.25, 0.3) is 68.6 Å². The first kappa shape index (κ1) is 37.2. The number of rotatable bonds is 14. The summed E-state index contributed by atoms with van der Waals surface area (Å²) in [6.07, 6.45) is 16.6. The third-order valence-electron chi connectivity index (χ3n) is 10.3. The van der Waals surface area contributed by atoms with Crippen molar-refractivity contribution in [2.24, 2.45) is 0 Å². The fraction of sp³-hybridized carbons (Fsp3) is 0.289. The Morgan fingerprint density at radius 3 is 1.67 bits per heavy atom. The van der Waals surface area contributed by atoms with Crippen LogP contribution in [0.4, 0.5) is 5.69 Å². The van der Waals surface area contributed by atoms with Gasteiger partial charge >= 0.3 is 0 Å². The van der Waals surface area contributed by atoms with Gasteiger partial charge < -0.3 is 24.2 Å². The number of aryl methyl sites for hydroxylation is 2. The quantitative estimate of drug-likeness (QED) is 0.0646. The molecule has 0 saturated heterocycles. The van der Waals surface area contributed by atoms with E-state index in [0.29, 0.717) is 28.5 Å². The van der Waals surface area contributed by atoms with E-state index in [1.54, 1.807) is 33.5 Å². The zero-order valence-electron chi connectivity index (χ0n) is 32.1. The molecule has 0 unspecified atom stereocenters. The Labute approximate surface area is 321 Å². The van der Waals surface area contributed by atoms with E-state index >= 15 is 0 Å². The van der Waals surface area contributed by atoms with Crippen molar-refractivity contribution in [2.75, 3.05) is 21.3 Å². The number of unbranched alkanes of at least 4 members (excludes halogenated alkanes) is 4. The minimum Gasteiger partial charge on any atom is -0.493 e. The summed E-state index contributed by atoms with van der Waals surface area (Å²) in [5, 5.41) is 12.0. The van der Waals surface area contributed by atoms with Gasteiger partial charge in [-0.25, -0.2) is 9.97 Å². The van der Waals surface area contributed by atoms with Gasteiger partial charge in [-0.3, -0.25) is 10.1 Å². The summed E-state index contributed by atoms with van der Waals surface area (Å²) in [5.41, 5.74) is 12.3. The van der Waals surface area contributed by atoms with E-state index in [1.165, 1.54) is 12.5 Å². The highest BCUT2D eigenvalue weighted by Gasteiger charge is 2.21. The minimum absolute atomic E-state index is 0.00566. The van der Waals surface area contributed by atoms with Crippen molar-refractivity contribution in [1.29, 1.82) is 0 Å². The lowest BCUT2D eigenvalue weighted by atomic mass is 10.0. The lowest BCUT2D eigenvalue weighted by Crippen LogP contribution is -1.97. The predicted molar refractivity (Wildman–Crippen MR) is 222 cm³/mol. The molecular formula is C45H47N5O5. The van der Waals surface area contributed by atoms with Crippen molar-refractivity contribution in [3.05, 3.63) is 105 Å². The van der Waals surface area contributed by atoms with Crippen LogP contribution in [0.15, 0.2) is 60.7 Å². The Bertz CT molecular complexity index is 2450. The molecule has 2 aliphatic rings. The maximum absolute atomic E-state index is 12.0. The van der Waals surface area contributed by atoms with Gasteiger partial charge in [0.25, 0.3) is 5.69 Å². The number of nitrogens with zero attached hydrogens (tertiary/aromatic N) is 3. The van der Waals surface area contributed by atoms with E-state index in [0.717, 1.165) is 112 Å². The van der Waals surface area contributed by atoms with Crippen LogP contribution in [0.5, 0.6) is 17.2 Å². The molecule has 0 atom stereocenters. The van der Waals surface area contributed by atoms with Crippen molar-refractivity contribution in [2.45, 2.75) is 65.2 Å². The average Bonchev–Trinajstić information content (AvgIpc) is 4.05. The minimum atomic E-state index is -0.366. The highest BCUT2D eigenvalue weighted by atomic mass is 16.6. The highest BCUT2D eigenvalue weighted by molar-refractivity contribution is 5.96. The Balaban J connectivity index is 1.63. The number of fused-ring (bicyclic) bond motifs is 8. The topological polar surface area (TPSA) is 128 Å². The molecule has 0 aliphatic carbocycles. The second-order valence-corrected chi connectivity index (χ2v) is 13.8. The number of nitro groups is 1. The van der Waals surface area contributed by atoms with Crippen LogP contribution in [0.1, 0.15) is 86.3 Å². The zero-order chi connectivity index (χ0) is 38.5. The summed E-state index contributed by atoms with van der Waals surface area (Å²) < 4.78 is 17.3. The Morgan fingerprint density at radius 1 is 0.600 bits per heavy atom. The number of aromatic amines is 2. The Hall–Kier alpha value is -6.16. The molecule has 0 saturated carbocycles. The molecule has 0 radical (unpaired) electrons. The number of methoxy groups -OCH3 is 3. The van der Waals surface area contributed by atoms with Crippen molar-refractivity contribution in [3.63, 3.8) is 0 Å². The van der Waals surface area contributed by atoms with E-state index in [-0.39, 0.29) is 10.6 Å². The third-order valence-corrected chi connectivity index (χ3v) is 10.3. The molecule has 5 heterocycles. The standard InChI is InChI=1S/C45H47N5O5/c1-6-8-10-11-16-32-34-18-17-33(46-34)31(15-9-7-2)35-20-22-39(48-35)44(29-26-41(53-3)45(55-5)42(27-29)54-4)40-24-23-38(49-40)43(37-21-19-36(32)47-37)28-13-12-14-30(25-28)50(51)52/h12-14,17-27,46,49H,6-11,15-16H2,1-5H3. The normalized spacial score (nSPS) is 11.9. The average molecular weight is 738 g/mol. The second kappa shape index (κ2) is 16.5. The molecule has 5 aromatic rings. The fourth-order valence-electron chi connectivity index (χ4n) is 7.54. The number of nitrogens with one attached hydrogen (secondary N) is 2. The molecule has 0 fully saturated rings. The fourth-order valence-corrected chi connectivity index (χ4v) is 7.54. The zero-order valence-corrected chi connectivity index (χ0v) is 32.1. The van der Waals surface area contributed by atoms with Crippen molar-refractivity contribution >= 4 is 52.1 Å². The maximum Gasteiger partial charge on any atom is 0.270 e. The number of H-pyrrole nitrogens is 2. The van der Waals surface area contributed by atoms with Gasteiger partial charge in [-0.2, -0.15) is 0 Å². The number of aromatic nitrogens is 4. The van der Waals surface area contributed by atoms with E-state index < -0.39 is 0 Å². The van der Waals surface area contributed by atoms with Gasteiger partial charge in [0, 0.05) is 56.5 Å². The monoisotopic (exact) mass is 737 g/mol. The molecule has 0 spiro atoms. The van der Waals surface area contributed by atoms with Gasteiger partial charge in [-0.05, 0) is 97.5 Å². The van der Waals surface area contributed by atoms with E-state index in [4.69, 9.17) is 24.2 Å². The first-order valence-corrected chi connectivity index (χ1v) is 19.1. The molecule has 10 nitrogen and oxygen atoms in total. The summed E-state index contributed by atoms with van der Waals surface area (Å²) >= 11 is 0. The van der Waals surface area contributed by atoms with Crippen LogP contribution in [0.2, 0.25) is 0 Å². The molecule has 0 amide bonds. The molecule has 10 heteroatoms. The van der Waals surface area contributed by atoms with E-state index in [2.05, 4.69) is 54.2 Å². The van der Waals surface area contributed by atoms with Gasteiger partial charge in [-0.15, -0.1) is 0 Å². The van der Waals surface area contributed by atoms with Crippen molar-refractivity contribution in [3.8, 4) is 39.5 Å². The second-order valence-electron chi connectivity index (χ2n) is 13.8. The molecule has 282 valence electrons. The van der Waals surface area contributed by atoms with Crippen LogP contribution >= 0.6 is 0 Å². The van der Waals surface area contributed by atoms with Crippen LogP contribution in [0, 0.1) is 10.1 Å². The maximum atomic E-state index is 12.0. The van der Waals surface area contributed by atoms with Gasteiger partial charge in [0.05, 0.1) is 49.0 Å². The van der Waals surface area contributed by atoms with Crippen LogP contribution in [-0.2, 0) is 12.8 Å². The molecule has 55 heavy (non-hydrogen) atoms. The number of ether oxygens (including phenoxy) is 3. The summed E-state index contributed by atoms with van der Waals surface area (Å²) in [6.45, 7) is 4.43. The highest BCUT2D eigenvalue weighted by Crippen LogP contribution is 2.43. The molecule has 2 aliphatic heterocycles. The van der Waals surface area contributed by atoms with Crippen molar-refractivity contribution < 1.29 is 19.1 Å². The summed E-state index contributed by atoms with van der Waals surface area (Å²) in [7, 11) is 4.79. The van der Waals surface area contributed by atoms with Crippen molar-refractivity contribution in [1.82, 2.24) is 19.9 Å². The first-order valence-electron chi connectivity index (χ1n) is 19.1. The number of nitro benzene ring substituents is 1. The molecule has 2 N–H and O–H groups in total. The van der Waals surface area contributed by atoms with Gasteiger partial charge in [0.2, 0.25) is 5.75 Å². The van der Waals surface area contributed by atoms with Crippen LogP contribution < -0.4 is 14.2 Å². The van der Waals surface area contributed by atoms with Gasteiger partial charge in [0.15, 0.2) is 11.5 Å². The molecule has 2 aromatic carbocycles. The summed E-state index contributed by atoms with van der Waals surface area (Å²) in [4.78, 5) is 29.7. The SMILES string of the molecule is CCCCCCc1c2nc(c(-c3cccc([N+](=O)[O-])c3)c3ccc([nH]3)c(-c3cc(OC)c(OC)c(OC)c3)c3nc(c(CCCC)c4ccc1[nH]4)C=C3)C=C2. The Morgan fingerprint density at radius 2 is 1.13 bits per heavy atom. The number of benzene rings is 2. The summed E-state index contributed by atoms with van der Waals surface area (Å²) in [6, 6.07) is 18.9. The van der Waals surface area contributed by atoms with E-state index in [1.807, 2.05) is 36.4 Å². The van der Waals surface area contributed by atoms with Gasteiger partial charge in [0.1, 0.15) is 0 Å². The van der Waals surface area contributed by atoms with E-state index in [9.17, 15) is 10.1 Å². The lowest BCUT2D eigenvalue weighted by Gasteiger charge is -2.14. The van der Waals surface area contributed by atoms with Crippen LogP contribution in [-0.4, -0.2) is 46.2 Å². The molecule has 8 bridgehead atoms. The predicted octanol–water partition coefficient (Wildman–Crippen LogP) is 11.4.